The minimum absolute atomic E-state index is 0.0755. The van der Waals surface area contributed by atoms with Crippen molar-refractivity contribution >= 4 is 21.6 Å². The number of likely N-dealkylation sites (N-methyl/N-ethyl adjacent to an activating group) is 2. The number of benzene rings is 1. The van der Waals surface area contributed by atoms with Crippen LogP contribution in [0, 0.1) is 13.8 Å². The molecule has 1 rings (SSSR count). The van der Waals surface area contributed by atoms with E-state index >= 15 is 0 Å². The first-order chi connectivity index (χ1) is 9.09. The van der Waals surface area contributed by atoms with Crippen LogP contribution in [0.3, 0.4) is 0 Å². The fourth-order valence-corrected chi connectivity index (χ4v) is 3.23. The van der Waals surface area contributed by atoms with Crippen molar-refractivity contribution in [2.45, 2.75) is 18.7 Å². The number of nitrogens with zero attached hydrogens (tertiary/aromatic N) is 2. The Labute approximate surface area is 120 Å². The van der Waals surface area contributed by atoms with E-state index in [9.17, 15) is 13.2 Å². The number of nitrogen functional groups attached to an aromatic ring is 1. The molecule has 0 spiro atoms. The highest BCUT2D eigenvalue weighted by atomic mass is 32.2. The highest BCUT2D eigenvalue weighted by Crippen LogP contribution is 2.27. The number of carbonyl (C=O) groups is 1. The number of hydrogen-bond donors (Lipinski definition) is 1. The van der Waals surface area contributed by atoms with Gasteiger partial charge in [0, 0.05) is 21.1 Å². The molecule has 1 aromatic carbocycles. The van der Waals surface area contributed by atoms with E-state index < -0.39 is 10.0 Å². The number of anilines is 1. The second kappa shape index (κ2) is 5.80. The maximum absolute atomic E-state index is 12.6. The lowest BCUT2D eigenvalue weighted by atomic mass is 10.1. The molecule has 2 N–H and O–H groups in total. The molecule has 0 aliphatic carbocycles. The number of amides is 1. The molecule has 0 aromatic heterocycles. The molecule has 7 heteroatoms. The van der Waals surface area contributed by atoms with E-state index in [1.807, 2.05) is 6.92 Å². The van der Waals surface area contributed by atoms with Crippen molar-refractivity contribution in [3.8, 4) is 0 Å². The molecular weight excluding hydrogens is 278 g/mol. The van der Waals surface area contributed by atoms with Crippen LogP contribution in [0.4, 0.5) is 5.69 Å². The van der Waals surface area contributed by atoms with Gasteiger partial charge in [-0.05, 0) is 31.0 Å². The molecule has 0 aliphatic heterocycles. The number of carbonyl (C=O) groups excluding carboxylic acids is 1. The molecule has 20 heavy (non-hydrogen) atoms. The Morgan fingerprint density at radius 3 is 2.25 bits per heavy atom. The smallest absolute Gasteiger partial charge is 0.245 e. The standard InChI is InChI=1S/C13H21N3O3S/c1-9-6-7-11(14)13(10(9)2)20(18,19)16(5)8-12(17)15(3)4/h6-7H,8,14H2,1-5H3. The third kappa shape index (κ3) is 3.10. The predicted octanol–water partition coefficient (Wildman–Crippen LogP) is 0.594. The summed E-state index contributed by atoms with van der Waals surface area (Å²) in [6.45, 7) is 3.31. The van der Waals surface area contributed by atoms with E-state index in [1.165, 1.54) is 11.9 Å². The summed E-state index contributed by atoms with van der Waals surface area (Å²) in [7, 11) is 0.739. The molecular formula is C13H21N3O3S. The van der Waals surface area contributed by atoms with Crippen LogP contribution >= 0.6 is 0 Å². The van der Waals surface area contributed by atoms with Gasteiger partial charge in [-0.2, -0.15) is 4.31 Å². The van der Waals surface area contributed by atoms with E-state index in [0.717, 1.165) is 9.87 Å². The summed E-state index contributed by atoms with van der Waals surface area (Å²) in [6, 6.07) is 3.34. The number of aryl methyl sites for hydroxylation is 1. The average molecular weight is 299 g/mol. The molecule has 0 radical (unpaired) electrons. The molecule has 0 heterocycles. The number of hydrogen-bond acceptors (Lipinski definition) is 4. The Balaban J connectivity index is 3.24. The van der Waals surface area contributed by atoms with Gasteiger partial charge in [0.05, 0.1) is 12.2 Å². The lowest BCUT2D eigenvalue weighted by Crippen LogP contribution is -2.38. The van der Waals surface area contributed by atoms with Gasteiger partial charge in [-0.3, -0.25) is 4.79 Å². The molecule has 0 saturated heterocycles. The van der Waals surface area contributed by atoms with E-state index in [4.69, 9.17) is 5.73 Å². The zero-order valence-electron chi connectivity index (χ0n) is 12.5. The number of rotatable bonds is 4. The fourth-order valence-electron chi connectivity index (χ4n) is 1.73. The van der Waals surface area contributed by atoms with Crippen molar-refractivity contribution in [3.63, 3.8) is 0 Å². The zero-order valence-corrected chi connectivity index (χ0v) is 13.3. The summed E-state index contributed by atoms with van der Waals surface area (Å²) >= 11 is 0. The van der Waals surface area contributed by atoms with Crippen molar-refractivity contribution < 1.29 is 13.2 Å². The minimum Gasteiger partial charge on any atom is -0.398 e. The number of sulfonamides is 1. The molecule has 6 nitrogen and oxygen atoms in total. The summed E-state index contributed by atoms with van der Waals surface area (Å²) in [4.78, 5) is 13.1. The minimum atomic E-state index is -3.79. The first kappa shape index (κ1) is 16.5. The van der Waals surface area contributed by atoms with Gasteiger partial charge in [-0.25, -0.2) is 8.42 Å². The molecule has 1 aromatic rings. The van der Waals surface area contributed by atoms with Gasteiger partial charge in [-0.1, -0.05) is 6.07 Å². The van der Waals surface area contributed by atoms with Gasteiger partial charge in [0.15, 0.2) is 0 Å². The third-order valence-electron chi connectivity index (χ3n) is 3.23. The van der Waals surface area contributed by atoms with Crippen LogP contribution < -0.4 is 5.73 Å². The first-order valence-electron chi connectivity index (χ1n) is 6.11. The topological polar surface area (TPSA) is 83.7 Å². The monoisotopic (exact) mass is 299 g/mol. The summed E-state index contributed by atoms with van der Waals surface area (Å²) in [5, 5.41) is 0. The van der Waals surface area contributed by atoms with Crippen molar-refractivity contribution in [2.75, 3.05) is 33.4 Å². The molecule has 1 amide bonds. The van der Waals surface area contributed by atoms with E-state index in [0.29, 0.717) is 5.56 Å². The molecule has 0 unspecified atom stereocenters. The molecule has 112 valence electrons. The summed E-state index contributed by atoms with van der Waals surface area (Å²) in [6.07, 6.45) is 0. The van der Waals surface area contributed by atoms with E-state index in [2.05, 4.69) is 0 Å². The molecule has 0 saturated carbocycles. The van der Waals surface area contributed by atoms with Crippen LogP contribution in [0.2, 0.25) is 0 Å². The normalized spacial score (nSPS) is 11.7. The van der Waals surface area contributed by atoms with E-state index in [-0.39, 0.29) is 23.0 Å². The Morgan fingerprint density at radius 2 is 1.75 bits per heavy atom. The van der Waals surface area contributed by atoms with Gasteiger partial charge >= 0.3 is 0 Å². The zero-order chi connectivity index (χ0) is 15.7. The fraction of sp³-hybridized carbons (Fsp3) is 0.462. The third-order valence-corrected chi connectivity index (χ3v) is 5.24. The summed E-state index contributed by atoms with van der Waals surface area (Å²) < 4.78 is 26.1. The lowest BCUT2D eigenvalue weighted by molar-refractivity contribution is -0.128. The highest BCUT2D eigenvalue weighted by Gasteiger charge is 2.27. The van der Waals surface area contributed by atoms with Crippen molar-refractivity contribution in [2.24, 2.45) is 0 Å². The van der Waals surface area contributed by atoms with Crippen molar-refractivity contribution in [3.05, 3.63) is 23.3 Å². The molecule has 0 atom stereocenters. The van der Waals surface area contributed by atoms with Crippen LogP contribution in [0.1, 0.15) is 11.1 Å². The van der Waals surface area contributed by atoms with Crippen LogP contribution in [-0.2, 0) is 14.8 Å². The van der Waals surface area contributed by atoms with Gasteiger partial charge in [0.2, 0.25) is 15.9 Å². The van der Waals surface area contributed by atoms with Crippen LogP contribution in [0.5, 0.6) is 0 Å². The van der Waals surface area contributed by atoms with Gasteiger partial charge in [-0.15, -0.1) is 0 Å². The maximum Gasteiger partial charge on any atom is 0.245 e. The van der Waals surface area contributed by atoms with Crippen LogP contribution in [0.15, 0.2) is 17.0 Å². The van der Waals surface area contributed by atoms with Gasteiger partial charge in [0.1, 0.15) is 4.90 Å². The van der Waals surface area contributed by atoms with Crippen LogP contribution in [-0.4, -0.2) is 51.2 Å². The average Bonchev–Trinajstić information content (AvgIpc) is 2.33. The largest absolute Gasteiger partial charge is 0.398 e. The SMILES string of the molecule is Cc1ccc(N)c(S(=O)(=O)N(C)CC(=O)N(C)C)c1C. The van der Waals surface area contributed by atoms with Gasteiger partial charge < -0.3 is 10.6 Å². The molecule has 0 aliphatic rings. The second-order valence-corrected chi connectivity index (χ2v) is 6.96. The Hall–Kier alpha value is -1.60. The van der Waals surface area contributed by atoms with Crippen LogP contribution in [0.25, 0.3) is 0 Å². The predicted molar refractivity (Wildman–Crippen MR) is 78.8 cm³/mol. The Bertz CT molecular complexity index is 624. The molecule has 0 fully saturated rings. The summed E-state index contributed by atoms with van der Waals surface area (Å²) in [5.41, 5.74) is 7.44. The Morgan fingerprint density at radius 1 is 1.20 bits per heavy atom. The van der Waals surface area contributed by atoms with Crippen molar-refractivity contribution in [1.82, 2.24) is 9.21 Å². The Kier molecular flexibility index (Phi) is 4.77. The summed E-state index contributed by atoms with van der Waals surface area (Å²) in [5.74, 6) is -0.292. The second-order valence-electron chi connectivity index (χ2n) is 4.98. The van der Waals surface area contributed by atoms with E-state index in [1.54, 1.807) is 33.2 Å². The maximum atomic E-state index is 12.6. The first-order valence-corrected chi connectivity index (χ1v) is 7.55. The van der Waals surface area contributed by atoms with Gasteiger partial charge in [0.25, 0.3) is 0 Å². The molecule has 0 bridgehead atoms. The number of nitrogens with two attached hydrogens (primary N) is 1. The quantitative estimate of drug-likeness (QED) is 0.825. The lowest BCUT2D eigenvalue weighted by Gasteiger charge is -2.21. The van der Waals surface area contributed by atoms with Crippen molar-refractivity contribution in [1.29, 1.82) is 0 Å². The highest BCUT2D eigenvalue weighted by molar-refractivity contribution is 7.89.